The summed E-state index contributed by atoms with van der Waals surface area (Å²) in [4.78, 5) is 0.138. The summed E-state index contributed by atoms with van der Waals surface area (Å²) in [6.07, 6.45) is 0.808. The van der Waals surface area contributed by atoms with Crippen molar-refractivity contribution < 1.29 is 13.2 Å². The molecule has 160 valence electrons. The zero-order valence-electron chi connectivity index (χ0n) is 16.9. The number of hydrogen-bond acceptors (Lipinski definition) is 4. The van der Waals surface area contributed by atoms with E-state index < -0.39 is 10.0 Å². The predicted molar refractivity (Wildman–Crippen MR) is 122 cm³/mol. The second-order valence-corrected chi connectivity index (χ2v) is 8.60. The number of benzene rings is 3. The van der Waals surface area contributed by atoms with Gasteiger partial charge >= 0.3 is 0 Å². The average molecular weight is 447 g/mol. The van der Waals surface area contributed by atoms with Gasteiger partial charge in [-0.3, -0.25) is 0 Å². The molecule has 7 heteroatoms. The van der Waals surface area contributed by atoms with Gasteiger partial charge in [0.25, 0.3) is 0 Å². The summed E-state index contributed by atoms with van der Waals surface area (Å²) >= 11 is 0. The Labute approximate surface area is 184 Å². The van der Waals surface area contributed by atoms with Crippen molar-refractivity contribution in [1.29, 1.82) is 0 Å². The van der Waals surface area contributed by atoms with Crippen molar-refractivity contribution in [2.75, 3.05) is 6.54 Å². The number of ether oxygens (including phenoxy) is 1. The highest BCUT2D eigenvalue weighted by Crippen LogP contribution is 2.15. The molecule has 0 spiro atoms. The van der Waals surface area contributed by atoms with Gasteiger partial charge in [-0.15, -0.1) is 12.4 Å². The molecule has 0 amide bonds. The Balaban J connectivity index is 0.00000320. The van der Waals surface area contributed by atoms with Gasteiger partial charge in [0.05, 0.1) is 4.90 Å². The Bertz CT molecular complexity index is 1020. The average Bonchev–Trinajstić information content (AvgIpc) is 2.71. The standard InChI is InChI=1S/C23H26N2O3S.ClH/c1-18-2-4-21(5-3-18)17-28-22-10-6-20(7-11-22)16-25-15-14-19-8-12-23(13-9-19)29(24,26)27;/h2-13,25H,14-17H2,1H3,(H2,24,26,27);1H. The van der Waals surface area contributed by atoms with Crippen LogP contribution in [0.1, 0.15) is 22.3 Å². The smallest absolute Gasteiger partial charge is 0.238 e. The molecule has 0 aromatic heterocycles. The van der Waals surface area contributed by atoms with Crippen LogP contribution in [0.2, 0.25) is 0 Å². The second-order valence-electron chi connectivity index (χ2n) is 7.03. The highest BCUT2D eigenvalue weighted by atomic mass is 35.5. The Morgan fingerprint density at radius 2 is 1.40 bits per heavy atom. The summed E-state index contributed by atoms with van der Waals surface area (Å²) in [5, 5.41) is 8.50. The van der Waals surface area contributed by atoms with Crippen molar-refractivity contribution in [2.45, 2.75) is 31.4 Å². The molecule has 0 saturated heterocycles. The fourth-order valence-corrected chi connectivity index (χ4v) is 3.38. The molecule has 3 N–H and O–H groups in total. The molecule has 0 aliphatic carbocycles. The number of sulfonamides is 1. The highest BCUT2D eigenvalue weighted by Gasteiger charge is 2.06. The van der Waals surface area contributed by atoms with Gasteiger partial charge in [-0.2, -0.15) is 0 Å². The lowest BCUT2D eigenvalue weighted by Gasteiger charge is -2.09. The fraction of sp³-hybridized carbons (Fsp3) is 0.217. The zero-order chi connectivity index (χ0) is 20.7. The van der Waals surface area contributed by atoms with Crippen molar-refractivity contribution in [2.24, 2.45) is 5.14 Å². The van der Waals surface area contributed by atoms with Gasteiger partial charge in [0.2, 0.25) is 10.0 Å². The van der Waals surface area contributed by atoms with Crippen molar-refractivity contribution in [3.05, 3.63) is 95.1 Å². The summed E-state index contributed by atoms with van der Waals surface area (Å²) in [7, 11) is -3.63. The van der Waals surface area contributed by atoms with E-state index in [1.165, 1.54) is 11.1 Å². The van der Waals surface area contributed by atoms with E-state index in [0.29, 0.717) is 6.61 Å². The second kappa shape index (κ2) is 11.1. The summed E-state index contributed by atoms with van der Waals surface area (Å²) < 4.78 is 28.4. The molecule has 0 saturated carbocycles. The number of nitrogens with one attached hydrogen (secondary N) is 1. The van der Waals surface area contributed by atoms with Crippen molar-refractivity contribution in [3.63, 3.8) is 0 Å². The third kappa shape index (κ3) is 7.46. The van der Waals surface area contributed by atoms with E-state index >= 15 is 0 Å². The first kappa shape index (κ1) is 23.9. The largest absolute Gasteiger partial charge is 0.489 e. The van der Waals surface area contributed by atoms with Gasteiger partial charge < -0.3 is 10.1 Å². The molecule has 3 aromatic carbocycles. The van der Waals surface area contributed by atoms with Crippen LogP contribution in [0.3, 0.4) is 0 Å². The Hall–Kier alpha value is -2.38. The first-order chi connectivity index (χ1) is 13.9. The maximum Gasteiger partial charge on any atom is 0.238 e. The third-order valence-electron chi connectivity index (χ3n) is 4.62. The third-order valence-corrected chi connectivity index (χ3v) is 5.55. The number of aryl methyl sites for hydroxylation is 1. The van der Waals surface area contributed by atoms with Gasteiger partial charge in [-0.1, -0.05) is 54.1 Å². The lowest BCUT2D eigenvalue weighted by atomic mass is 10.1. The Morgan fingerprint density at radius 1 is 0.833 bits per heavy atom. The van der Waals surface area contributed by atoms with Crippen LogP contribution in [0.25, 0.3) is 0 Å². The molecule has 0 radical (unpaired) electrons. The molecule has 0 atom stereocenters. The van der Waals surface area contributed by atoms with E-state index in [1.807, 2.05) is 12.1 Å². The van der Waals surface area contributed by atoms with Gasteiger partial charge in [0.1, 0.15) is 12.4 Å². The Kier molecular flexibility index (Phi) is 8.87. The maximum absolute atomic E-state index is 11.3. The summed E-state index contributed by atoms with van der Waals surface area (Å²) in [5.41, 5.74) is 4.63. The monoisotopic (exact) mass is 446 g/mol. The van der Waals surface area contributed by atoms with Crippen LogP contribution in [-0.4, -0.2) is 15.0 Å². The summed E-state index contributed by atoms with van der Waals surface area (Å²) in [6, 6.07) is 23.1. The van der Waals surface area contributed by atoms with E-state index in [9.17, 15) is 8.42 Å². The molecule has 3 rings (SSSR count). The molecule has 0 aliphatic rings. The zero-order valence-corrected chi connectivity index (χ0v) is 18.5. The van der Waals surface area contributed by atoms with E-state index in [-0.39, 0.29) is 17.3 Å². The first-order valence-corrected chi connectivity index (χ1v) is 11.0. The number of primary sulfonamides is 1. The molecule has 30 heavy (non-hydrogen) atoms. The van der Waals surface area contributed by atoms with Crippen LogP contribution in [0.4, 0.5) is 0 Å². The van der Waals surface area contributed by atoms with Gasteiger partial charge in [-0.05, 0) is 60.8 Å². The molecule has 0 heterocycles. The maximum atomic E-state index is 11.3. The van der Waals surface area contributed by atoms with Gasteiger partial charge in [0, 0.05) is 6.54 Å². The Morgan fingerprint density at radius 3 is 2.00 bits per heavy atom. The fourth-order valence-electron chi connectivity index (χ4n) is 2.87. The molecule has 0 fully saturated rings. The molecule has 3 aromatic rings. The number of halogens is 1. The summed E-state index contributed by atoms with van der Waals surface area (Å²) in [6.45, 7) is 4.18. The molecule has 0 bridgehead atoms. The molecular weight excluding hydrogens is 420 g/mol. The number of nitrogens with two attached hydrogens (primary N) is 1. The number of rotatable bonds is 9. The van der Waals surface area contributed by atoms with E-state index in [1.54, 1.807) is 24.3 Å². The quantitative estimate of drug-likeness (QED) is 0.487. The van der Waals surface area contributed by atoms with Crippen LogP contribution in [0.5, 0.6) is 5.75 Å². The lowest BCUT2D eigenvalue weighted by Crippen LogP contribution is -2.17. The van der Waals surface area contributed by atoms with E-state index in [2.05, 4.69) is 48.6 Å². The normalized spacial score (nSPS) is 11.0. The van der Waals surface area contributed by atoms with Crippen LogP contribution in [-0.2, 0) is 29.6 Å². The van der Waals surface area contributed by atoms with Crippen molar-refractivity contribution in [1.82, 2.24) is 5.32 Å². The van der Waals surface area contributed by atoms with Crippen LogP contribution >= 0.6 is 12.4 Å². The minimum absolute atomic E-state index is 0. The minimum Gasteiger partial charge on any atom is -0.489 e. The summed E-state index contributed by atoms with van der Waals surface area (Å²) in [5.74, 6) is 0.851. The van der Waals surface area contributed by atoms with Crippen LogP contribution < -0.4 is 15.2 Å². The first-order valence-electron chi connectivity index (χ1n) is 9.50. The SMILES string of the molecule is Cc1ccc(COc2ccc(CNCCc3ccc(S(N)(=O)=O)cc3)cc2)cc1.Cl. The lowest BCUT2D eigenvalue weighted by molar-refractivity contribution is 0.306. The molecule has 0 aliphatic heterocycles. The molecule has 5 nitrogen and oxygen atoms in total. The van der Waals surface area contributed by atoms with Gasteiger partial charge in [-0.25, -0.2) is 13.6 Å². The van der Waals surface area contributed by atoms with E-state index in [0.717, 1.165) is 36.4 Å². The van der Waals surface area contributed by atoms with Crippen molar-refractivity contribution >= 4 is 22.4 Å². The number of hydrogen-bond donors (Lipinski definition) is 2. The predicted octanol–water partition coefficient (Wildman–Crippen LogP) is 3.98. The molecule has 0 unspecified atom stereocenters. The van der Waals surface area contributed by atoms with Crippen LogP contribution in [0.15, 0.2) is 77.7 Å². The molecular formula is C23H27ClN2O3S. The van der Waals surface area contributed by atoms with Crippen LogP contribution in [0, 0.1) is 6.92 Å². The van der Waals surface area contributed by atoms with Gasteiger partial charge in [0.15, 0.2) is 0 Å². The highest BCUT2D eigenvalue weighted by molar-refractivity contribution is 7.89. The topological polar surface area (TPSA) is 81.4 Å². The van der Waals surface area contributed by atoms with Crippen molar-refractivity contribution in [3.8, 4) is 5.75 Å². The minimum atomic E-state index is -3.63. The van der Waals surface area contributed by atoms with E-state index in [4.69, 9.17) is 9.88 Å².